The van der Waals surface area contributed by atoms with Gasteiger partial charge in [0.15, 0.2) is 17.8 Å². The van der Waals surface area contributed by atoms with Crippen LogP contribution in [0.4, 0.5) is 0 Å². The van der Waals surface area contributed by atoms with Gasteiger partial charge in [-0.25, -0.2) is 9.50 Å². The van der Waals surface area contributed by atoms with Gasteiger partial charge in [-0.05, 0) is 44.5 Å². The van der Waals surface area contributed by atoms with Crippen LogP contribution >= 0.6 is 0 Å². The SMILES string of the molecule is CN1CCCC(Cc2nc3cccc(C=O)n3n2)C1. The Morgan fingerprint density at radius 2 is 2.37 bits per heavy atom. The molecule has 0 amide bonds. The third kappa shape index (κ3) is 2.51. The summed E-state index contributed by atoms with van der Waals surface area (Å²) in [5, 5.41) is 4.46. The van der Waals surface area contributed by atoms with Crippen LogP contribution in [0.3, 0.4) is 0 Å². The zero-order valence-electron chi connectivity index (χ0n) is 11.1. The van der Waals surface area contributed by atoms with Gasteiger partial charge in [0.1, 0.15) is 5.69 Å². The Morgan fingerprint density at radius 1 is 1.47 bits per heavy atom. The molecule has 1 unspecified atom stereocenters. The van der Waals surface area contributed by atoms with E-state index < -0.39 is 0 Å². The number of aromatic nitrogens is 3. The number of nitrogens with zero attached hydrogens (tertiary/aromatic N) is 4. The van der Waals surface area contributed by atoms with Gasteiger partial charge in [-0.2, -0.15) is 5.10 Å². The first-order valence-electron chi connectivity index (χ1n) is 6.74. The Kier molecular flexibility index (Phi) is 3.29. The van der Waals surface area contributed by atoms with Crippen molar-refractivity contribution in [2.24, 2.45) is 5.92 Å². The van der Waals surface area contributed by atoms with Gasteiger partial charge < -0.3 is 4.90 Å². The summed E-state index contributed by atoms with van der Waals surface area (Å²) in [6.07, 6.45) is 4.19. The van der Waals surface area contributed by atoms with Crippen LogP contribution < -0.4 is 0 Å². The predicted octanol–water partition coefficient (Wildman–Crippen LogP) is 1.43. The third-order valence-electron chi connectivity index (χ3n) is 3.75. The van der Waals surface area contributed by atoms with E-state index in [9.17, 15) is 4.79 Å². The minimum atomic E-state index is 0.553. The van der Waals surface area contributed by atoms with Gasteiger partial charge in [0, 0.05) is 13.0 Å². The van der Waals surface area contributed by atoms with Crippen molar-refractivity contribution >= 4 is 11.9 Å². The van der Waals surface area contributed by atoms with Crippen LogP contribution in [0.15, 0.2) is 18.2 Å². The molecule has 0 saturated carbocycles. The molecule has 2 aromatic rings. The lowest BCUT2D eigenvalue weighted by molar-refractivity contribution is 0.111. The number of rotatable bonds is 3. The molecule has 0 radical (unpaired) electrons. The summed E-state index contributed by atoms with van der Waals surface area (Å²) in [6, 6.07) is 5.48. The Balaban J connectivity index is 1.83. The maximum atomic E-state index is 11.0. The molecule has 0 spiro atoms. The van der Waals surface area contributed by atoms with Crippen molar-refractivity contribution in [3.05, 3.63) is 29.7 Å². The molecule has 5 heteroatoms. The average molecular weight is 258 g/mol. The quantitative estimate of drug-likeness (QED) is 0.781. The van der Waals surface area contributed by atoms with Crippen molar-refractivity contribution in [1.29, 1.82) is 0 Å². The van der Waals surface area contributed by atoms with Crippen molar-refractivity contribution in [3.63, 3.8) is 0 Å². The predicted molar refractivity (Wildman–Crippen MR) is 72.3 cm³/mol. The van der Waals surface area contributed by atoms with Gasteiger partial charge in [0.05, 0.1) is 0 Å². The van der Waals surface area contributed by atoms with E-state index in [1.165, 1.54) is 19.4 Å². The average Bonchev–Trinajstić information content (AvgIpc) is 2.80. The molecule has 3 heterocycles. The van der Waals surface area contributed by atoms with E-state index in [2.05, 4.69) is 22.0 Å². The first-order chi connectivity index (χ1) is 9.26. The molecule has 1 aliphatic heterocycles. The fraction of sp³-hybridized carbons (Fsp3) is 0.500. The minimum absolute atomic E-state index is 0.553. The molecule has 5 nitrogen and oxygen atoms in total. The van der Waals surface area contributed by atoms with Gasteiger partial charge in [0.25, 0.3) is 0 Å². The number of pyridine rings is 1. The smallest absolute Gasteiger partial charge is 0.168 e. The second-order valence-corrected chi connectivity index (χ2v) is 5.34. The molecule has 19 heavy (non-hydrogen) atoms. The number of aldehydes is 1. The molecule has 3 rings (SSSR count). The van der Waals surface area contributed by atoms with Crippen LogP contribution in [-0.2, 0) is 6.42 Å². The Hall–Kier alpha value is -1.75. The Bertz CT molecular complexity index is 592. The molecule has 0 bridgehead atoms. The number of fused-ring (bicyclic) bond motifs is 1. The second-order valence-electron chi connectivity index (χ2n) is 5.34. The highest BCUT2D eigenvalue weighted by molar-refractivity contribution is 5.73. The first-order valence-corrected chi connectivity index (χ1v) is 6.74. The summed E-state index contributed by atoms with van der Waals surface area (Å²) >= 11 is 0. The van der Waals surface area contributed by atoms with E-state index in [4.69, 9.17) is 0 Å². The lowest BCUT2D eigenvalue weighted by Gasteiger charge is -2.28. The van der Waals surface area contributed by atoms with Crippen molar-refractivity contribution in [3.8, 4) is 0 Å². The fourth-order valence-electron chi connectivity index (χ4n) is 2.84. The van der Waals surface area contributed by atoms with Crippen LogP contribution in [0.1, 0.15) is 29.2 Å². The number of carbonyl (C=O) groups is 1. The lowest BCUT2D eigenvalue weighted by atomic mass is 9.95. The van der Waals surface area contributed by atoms with E-state index in [1.54, 1.807) is 10.6 Å². The third-order valence-corrected chi connectivity index (χ3v) is 3.75. The molecule has 100 valence electrons. The highest BCUT2D eigenvalue weighted by atomic mass is 16.1. The number of hydrogen-bond donors (Lipinski definition) is 0. The van der Waals surface area contributed by atoms with E-state index in [0.717, 1.165) is 30.7 Å². The Labute approximate surface area is 112 Å². The summed E-state index contributed by atoms with van der Waals surface area (Å²) in [7, 11) is 2.16. The minimum Gasteiger partial charge on any atom is -0.306 e. The van der Waals surface area contributed by atoms with E-state index in [0.29, 0.717) is 11.6 Å². The molecule has 0 N–H and O–H groups in total. The van der Waals surface area contributed by atoms with E-state index in [1.807, 2.05) is 12.1 Å². The number of likely N-dealkylation sites (tertiary alicyclic amines) is 1. The van der Waals surface area contributed by atoms with Crippen molar-refractivity contribution in [2.75, 3.05) is 20.1 Å². The van der Waals surface area contributed by atoms with Gasteiger partial charge in [0.2, 0.25) is 0 Å². The topological polar surface area (TPSA) is 50.5 Å². The number of hydrogen-bond acceptors (Lipinski definition) is 4. The second kappa shape index (κ2) is 5.09. The molecule has 2 aromatic heterocycles. The van der Waals surface area contributed by atoms with Crippen LogP contribution in [0.25, 0.3) is 5.65 Å². The molecular weight excluding hydrogens is 240 g/mol. The highest BCUT2D eigenvalue weighted by Crippen LogP contribution is 2.19. The monoisotopic (exact) mass is 258 g/mol. The van der Waals surface area contributed by atoms with Crippen molar-refractivity contribution in [2.45, 2.75) is 19.3 Å². The summed E-state index contributed by atoms with van der Waals surface area (Å²) in [6.45, 7) is 2.29. The van der Waals surface area contributed by atoms with Crippen LogP contribution in [0, 0.1) is 5.92 Å². The molecule has 1 atom stereocenters. The molecule has 1 aliphatic rings. The maximum Gasteiger partial charge on any atom is 0.168 e. The summed E-state index contributed by atoms with van der Waals surface area (Å²) < 4.78 is 1.63. The van der Waals surface area contributed by atoms with Crippen LogP contribution in [0.2, 0.25) is 0 Å². The van der Waals surface area contributed by atoms with Crippen LogP contribution in [-0.4, -0.2) is 45.9 Å². The lowest BCUT2D eigenvalue weighted by Crippen LogP contribution is -2.33. The standard InChI is InChI=1S/C14H18N4O/c1-17-7-3-4-11(9-17)8-13-15-14-6-2-5-12(10-19)18(14)16-13/h2,5-6,10-11H,3-4,7-9H2,1H3. The first kappa shape index (κ1) is 12.3. The Morgan fingerprint density at radius 3 is 3.16 bits per heavy atom. The van der Waals surface area contributed by atoms with Gasteiger partial charge in [-0.3, -0.25) is 4.79 Å². The summed E-state index contributed by atoms with van der Waals surface area (Å²) in [5.74, 6) is 1.46. The number of piperidine rings is 1. The van der Waals surface area contributed by atoms with Gasteiger partial charge in [-0.1, -0.05) is 6.07 Å². The zero-order valence-corrected chi connectivity index (χ0v) is 11.1. The number of carbonyl (C=O) groups excluding carboxylic acids is 1. The summed E-state index contributed by atoms with van der Waals surface area (Å²) in [4.78, 5) is 17.8. The molecule has 1 fully saturated rings. The van der Waals surface area contributed by atoms with Crippen LogP contribution in [0.5, 0.6) is 0 Å². The largest absolute Gasteiger partial charge is 0.306 e. The maximum absolute atomic E-state index is 11.0. The summed E-state index contributed by atoms with van der Waals surface area (Å²) in [5.41, 5.74) is 1.31. The molecule has 0 aliphatic carbocycles. The molecule has 1 saturated heterocycles. The van der Waals surface area contributed by atoms with Crippen molar-refractivity contribution in [1.82, 2.24) is 19.5 Å². The zero-order chi connectivity index (χ0) is 13.2. The van der Waals surface area contributed by atoms with E-state index in [-0.39, 0.29) is 0 Å². The fourth-order valence-corrected chi connectivity index (χ4v) is 2.84. The van der Waals surface area contributed by atoms with E-state index >= 15 is 0 Å². The van der Waals surface area contributed by atoms with Gasteiger partial charge >= 0.3 is 0 Å². The van der Waals surface area contributed by atoms with Crippen molar-refractivity contribution < 1.29 is 4.79 Å². The molecule has 0 aromatic carbocycles. The normalized spacial score (nSPS) is 20.8. The highest BCUT2D eigenvalue weighted by Gasteiger charge is 2.19. The van der Waals surface area contributed by atoms with Gasteiger partial charge in [-0.15, -0.1) is 0 Å². The molecular formula is C14H18N4O.